The van der Waals surface area contributed by atoms with Gasteiger partial charge < -0.3 is 9.13 Å². The number of aryl methyl sites for hydroxylation is 3. The molecule has 1 aromatic carbocycles. The molecule has 0 saturated heterocycles. The Bertz CT molecular complexity index is 1270. The molecular formula is C24H25N3O2. The van der Waals surface area contributed by atoms with E-state index in [1.54, 1.807) is 27.6 Å². The summed E-state index contributed by atoms with van der Waals surface area (Å²) in [5.74, 6) is 0.518. The Morgan fingerprint density at radius 2 is 1.41 bits per heavy atom. The van der Waals surface area contributed by atoms with Crippen LogP contribution in [0.5, 0.6) is 0 Å². The second-order valence-electron chi connectivity index (χ2n) is 7.90. The fraction of sp³-hybridized carbons (Fsp3) is 0.292. The van der Waals surface area contributed by atoms with Crippen molar-refractivity contribution < 1.29 is 0 Å². The Labute approximate surface area is 169 Å². The second-order valence-corrected chi connectivity index (χ2v) is 7.90. The molecule has 0 bridgehead atoms. The molecule has 5 nitrogen and oxygen atoms in total. The van der Waals surface area contributed by atoms with Gasteiger partial charge in [-0.15, -0.1) is 0 Å². The first-order chi connectivity index (χ1) is 14.0. The van der Waals surface area contributed by atoms with Gasteiger partial charge in [-0.3, -0.25) is 9.59 Å². The second kappa shape index (κ2) is 8.03. The van der Waals surface area contributed by atoms with E-state index in [0.29, 0.717) is 40.8 Å². The zero-order valence-corrected chi connectivity index (χ0v) is 16.8. The molecule has 4 rings (SSSR count). The maximum atomic E-state index is 13.0. The van der Waals surface area contributed by atoms with E-state index in [1.165, 1.54) is 5.56 Å². The predicted molar refractivity (Wildman–Crippen MR) is 117 cm³/mol. The van der Waals surface area contributed by atoms with Crippen molar-refractivity contribution in [2.75, 3.05) is 0 Å². The van der Waals surface area contributed by atoms with Crippen LogP contribution in [0.3, 0.4) is 0 Å². The number of aromatic nitrogens is 3. The van der Waals surface area contributed by atoms with Gasteiger partial charge in [0.25, 0.3) is 11.1 Å². The third-order valence-corrected chi connectivity index (χ3v) is 5.32. The van der Waals surface area contributed by atoms with Gasteiger partial charge in [0.2, 0.25) is 0 Å². The zero-order chi connectivity index (χ0) is 20.4. The average Bonchev–Trinajstić information content (AvgIpc) is 2.73. The van der Waals surface area contributed by atoms with Gasteiger partial charge in [-0.25, -0.2) is 4.98 Å². The van der Waals surface area contributed by atoms with Crippen LogP contribution in [0.1, 0.15) is 25.8 Å². The molecule has 0 saturated carbocycles. The number of fused-ring (bicyclic) bond motifs is 2. The molecule has 0 amide bonds. The van der Waals surface area contributed by atoms with Gasteiger partial charge in [-0.1, -0.05) is 44.2 Å². The minimum absolute atomic E-state index is 0.0864. The standard InChI is InChI=1S/C24H25N3O2/c1-17(2)8-12-26-14-10-21-19(23(26)28)16-20-22(25-21)11-15-27(24(20)29)13-9-18-6-4-3-5-7-18/h3-7,10-11,14-17H,8-9,12-13H2,1-2H3. The first kappa shape index (κ1) is 19.1. The summed E-state index contributed by atoms with van der Waals surface area (Å²) in [6, 6.07) is 15.5. The largest absolute Gasteiger partial charge is 0.315 e. The minimum atomic E-state index is -0.107. The highest BCUT2D eigenvalue weighted by Gasteiger charge is 2.10. The van der Waals surface area contributed by atoms with Gasteiger partial charge >= 0.3 is 0 Å². The van der Waals surface area contributed by atoms with E-state index >= 15 is 0 Å². The van der Waals surface area contributed by atoms with Crippen LogP contribution in [0.15, 0.2) is 70.5 Å². The molecule has 148 valence electrons. The van der Waals surface area contributed by atoms with Crippen LogP contribution < -0.4 is 11.1 Å². The SMILES string of the molecule is CC(C)CCn1ccc2nc3ccn(CCc4ccccc4)c(=O)c3cc2c1=O. The fourth-order valence-electron chi connectivity index (χ4n) is 3.55. The highest BCUT2D eigenvalue weighted by molar-refractivity contribution is 5.91. The number of pyridine rings is 3. The molecule has 4 aromatic rings. The summed E-state index contributed by atoms with van der Waals surface area (Å²) in [5.41, 5.74) is 2.24. The number of nitrogens with zero attached hydrogens (tertiary/aromatic N) is 3. The van der Waals surface area contributed by atoms with E-state index in [2.05, 4.69) is 31.0 Å². The van der Waals surface area contributed by atoms with Crippen molar-refractivity contribution in [2.45, 2.75) is 39.8 Å². The highest BCUT2D eigenvalue weighted by atomic mass is 16.1. The first-order valence-electron chi connectivity index (χ1n) is 10.1. The lowest BCUT2D eigenvalue weighted by atomic mass is 10.1. The summed E-state index contributed by atoms with van der Waals surface area (Å²) in [6.45, 7) is 5.53. The van der Waals surface area contributed by atoms with Gasteiger partial charge in [0, 0.05) is 25.5 Å². The van der Waals surface area contributed by atoms with Gasteiger partial charge in [-0.2, -0.15) is 0 Å². The lowest BCUT2D eigenvalue weighted by Crippen LogP contribution is -2.23. The maximum absolute atomic E-state index is 13.0. The molecule has 3 aromatic heterocycles. The van der Waals surface area contributed by atoms with Crippen molar-refractivity contribution in [3.05, 3.63) is 87.2 Å². The summed E-state index contributed by atoms with van der Waals surface area (Å²) < 4.78 is 3.41. The van der Waals surface area contributed by atoms with Gasteiger partial charge in [-0.05, 0) is 42.5 Å². The minimum Gasteiger partial charge on any atom is -0.315 e. The first-order valence-corrected chi connectivity index (χ1v) is 10.1. The molecule has 0 aliphatic rings. The van der Waals surface area contributed by atoms with Crippen LogP contribution in [-0.4, -0.2) is 14.1 Å². The summed E-state index contributed by atoms with van der Waals surface area (Å²) in [4.78, 5) is 30.5. The normalized spacial score (nSPS) is 11.6. The van der Waals surface area contributed by atoms with E-state index in [9.17, 15) is 9.59 Å². The van der Waals surface area contributed by atoms with Crippen molar-refractivity contribution >= 4 is 21.8 Å². The van der Waals surface area contributed by atoms with E-state index in [1.807, 2.05) is 30.3 Å². The Hall–Kier alpha value is -3.21. The van der Waals surface area contributed by atoms with Gasteiger partial charge in [0.1, 0.15) is 0 Å². The molecule has 0 spiro atoms. The molecule has 5 heteroatoms. The monoisotopic (exact) mass is 387 g/mol. The summed E-state index contributed by atoms with van der Waals surface area (Å²) in [7, 11) is 0. The molecule has 0 unspecified atom stereocenters. The maximum Gasteiger partial charge on any atom is 0.260 e. The zero-order valence-electron chi connectivity index (χ0n) is 16.8. The molecule has 0 radical (unpaired) electrons. The van der Waals surface area contributed by atoms with Crippen molar-refractivity contribution in [3.63, 3.8) is 0 Å². The van der Waals surface area contributed by atoms with E-state index in [0.717, 1.165) is 12.8 Å². The van der Waals surface area contributed by atoms with E-state index < -0.39 is 0 Å². The lowest BCUT2D eigenvalue weighted by Gasteiger charge is -2.10. The van der Waals surface area contributed by atoms with Gasteiger partial charge in [0.05, 0.1) is 21.8 Å². The Morgan fingerprint density at radius 1 is 0.828 bits per heavy atom. The topological polar surface area (TPSA) is 56.9 Å². The predicted octanol–water partition coefficient (Wildman–Crippen LogP) is 4.00. The third-order valence-electron chi connectivity index (χ3n) is 5.32. The summed E-state index contributed by atoms with van der Waals surface area (Å²) in [6.07, 6.45) is 5.29. The van der Waals surface area contributed by atoms with Crippen LogP contribution >= 0.6 is 0 Å². The van der Waals surface area contributed by atoms with Crippen molar-refractivity contribution in [3.8, 4) is 0 Å². The summed E-state index contributed by atoms with van der Waals surface area (Å²) in [5, 5.41) is 0.994. The Balaban J connectivity index is 1.73. The van der Waals surface area contributed by atoms with Crippen LogP contribution in [0.4, 0.5) is 0 Å². The smallest absolute Gasteiger partial charge is 0.260 e. The molecule has 29 heavy (non-hydrogen) atoms. The summed E-state index contributed by atoms with van der Waals surface area (Å²) >= 11 is 0. The third kappa shape index (κ3) is 3.99. The van der Waals surface area contributed by atoms with Crippen molar-refractivity contribution in [2.24, 2.45) is 5.92 Å². The van der Waals surface area contributed by atoms with E-state index in [4.69, 9.17) is 0 Å². The Morgan fingerprint density at radius 3 is 2.00 bits per heavy atom. The Kier molecular flexibility index (Phi) is 5.30. The van der Waals surface area contributed by atoms with Crippen LogP contribution in [0.2, 0.25) is 0 Å². The van der Waals surface area contributed by atoms with Crippen molar-refractivity contribution in [1.82, 2.24) is 14.1 Å². The van der Waals surface area contributed by atoms with Gasteiger partial charge in [0.15, 0.2) is 0 Å². The fourth-order valence-corrected chi connectivity index (χ4v) is 3.55. The molecule has 0 N–H and O–H groups in total. The van der Waals surface area contributed by atoms with Crippen LogP contribution in [-0.2, 0) is 19.5 Å². The van der Waals surface area contributed by atoms with E-state index in [-0.39, 0.29) is 11.1 Å². The average molecular weight is 387 g/mol. The molecule has 0 fully saturated rings. The number of benzene rings is 1. The number of rotatable bonds is 6. The molecule has 3 heterocycles. The van der Waals surface area contributed by atoms with Crippen molar-refractivity contribution in [1.29, 1.82) is 0 Å². The molecular weight excluding hydrogens is 362 g/mol. The molecule has 0 aliphatic carbocycles. The molecule has 0 aliphatic heterocycles. The van der Waals surface area contributed by atoms with Crippen LogP contribution in [0, 0.1) is 5.92 Å². The number of hydrogen-bond acceptors (Lipinski definition) is 3. The number of hydrogen-bond donors (Lipinski definition) is 0. The lowest BCUT2D eigenvalue weighted by molar-refractivity contribution is 0.509. The molecule has 0 atom stereocenters. The van der Waals surface area contributed by atoms with Crippen LogP contribution in [0.25, 0.3) is 21.8 Å². The highest BCUT2D eigenvalue weighted by Crippen LogP contribution is 2.15. The quantitative estimate of drug-likeness (QED) is 0.470.